The molecule has 5 rings (SSSR count). The molecule has 2 aromatic heterocycles. The van der Waals surface area contributed by atoms with Crippen molar-refractivity contribution in [2.75, 3.05) is 0 Å². The normalized spacial score (nSPS) is 12.9. The molecule has 0 fully saturated rings. The van der Waals surface area contributed by atoms with E-state index >= 15 is 0 Å². The van der Waals surface area contributed by atoms with Crippen molar-refractivity contribution >= 4 is 57.3 Å². The summed E-state index contributed by atoms with van der Waals surface area (Å²) in [6.45, 7) is 3.87. The molecule has 0 spiro atoms. The van der Waals surface area contributed by atoms with Crippen LogP contribution < -0.4 is 5.56 Å². The van der Waals surface area contributed by atoms with E-state index < -0.39 is 36.2 Å². The molecule has 0 aliphatic heterocycles. The van der Waals surface area contributed by atoms with E-state index in [0.717, 1.165) is 16.6 Å². The number of aliphatic hydroxyl groups excluding tert-OH is 2. The van der Waals surface area contributed by atoms with Crippen LogP contribution in [0, 0.1) is 11.6 Å². The summed E-state index contributed by atoms with van der Waals surface area (Å²) in [5, 5.41) is 31.2. The predicted octanol–water partition coefficient (Wildman–Crippen LogP) is 5.34. The predicted molar refractivity (Wildman–Crippen MR) is 165 cm³/mol. The third kappa shape index (κ3) is 6.61. The molecular formula is C33H33F2N2NaO5. The Morgan fingerprint density at radius 2 is 1.60 bits per heavy atom. The second-order valence-corrected chi connectivity index (χ2v) is 10.8. The van der Waals surface area contributed by atoms with Gasteiger partial charge in [0.05, 0.1) is 29.8 Å². The number of carboxylic acids is 1. The van der Waals surface area contributed by atoms with Crippen LogP contribution in [0.3, 0.4) is 0 Å². The first-order valence-corrected chi connectivity index (χ1v) is 13.9. The van der Waals surface area contributed by atoms with Gasteiger partial charge in [0.25, 0.3) is 5.56 Å². The molecule has 220 valence electrons. The third-order valence-electron chi connectivity index (χ3n) is 7.51. The summed E-state index contributed by atoms with van der Waals surface area (Å²) < 4.78 is 31.8. The molecule has 0 unspecified atom stereocenters. The molecule has 0 radical (unpaired) electrons. The summed E-state index contributed by atoms with van der Waals surface area (Å²) in [4.78, 5) is 25.4. The number of pyridine rings is 1. The van der Waals surface area contributed by atoms with Crippen molar-refractivity contribution in [1.29, 1.82) is 0 Å². The van der Waals surface area contributed by atoms with Crippen molar-refractivity contribution in [3.8, 4) is 16.8 Å². The molecule has 10 heteroatoms. The Kier molecular flexibility index (Phi) is 10.2. The average Bonchev–Trinajstić information content (AvgIpc) is 3.28. The summed E-state index contributed by atoms with van der Waals surface area (Å²) >= 11 is 0. The molecule has 0 bridgehead atoms. The number of para-hydroxylation sites is 1. The van der Waals surface area contributed by atoms with E-state index in [-0.39, 0.29) is 60.4 Å². The van der Waals surface area contributed by atoms with Gasteiger partial charge in [-0.15, -0.1) is 0 Å². The van der Waals surface area contributed by atoms with Gasteiger partial charge in [-0.3, -0.25) is 14.2 Å². The van der Waals surface area contributed by atoms with Crippen LogP contribution in [-0.2, 0) is 11.2 Å². The zero-order chi connectivity index (χ0) is 30.1. The number of benzene rings is 3. The molecule has 2 heterocycles. The van der Waals surface area contributed by atoms with Gasteiger partial charge in [-0.05, 0) is 75.1 Å². The number of carbonyl (C=O) groups is 1. The van der Waals surface area contributed by atoms with Gasteiger partial charge >= 0.3 is 35.5 Å². The Morgan fingerprint density at radius 3 is 2.26 bits per heavy atom. The molecule has 7 nitrogen and oxygen atoms in total. The Balaban J connectivity index is 0.00000423. The van der Waals surface area contributed by atoms with Gasteiger partial charge in [-0.2, -0.15) is 0 Å². The second-order valence-electron chi connectivity index (χ2n) is 10.8. The fraction of sp³-hybridized carbons (Fsp3) is 0.273. The fourth-order valence-electron chi connectivity index (χ4n) is 5.84. The molecule has 0 saturated heterocycles. The first kappa shape index (κ1) is 32.6. The summed E-state index contributed by atoms with van der Waals surface area (Å²) in [5.74, 6) is -2.04. The van der Waals surface area contributed by atoms with Crippen molar-refractivity contribution in [1.82, 2.24) is 9.13 Å². The Morgan fingerprint density at radius 1 is 0.907 bits per heavy atom. The van der Waals surface area contributed by atoms with Crippen LogP contribution in [0.5, 0.6) is 0 Å². The molecule has 0 saturated carbocycles. The second kappa shape index (κ2) is 13.5. The number of hydrogen-bond acceptors (Lipinski definition) is 4. The van der Waals surface area contributed by atoms with Crippen molar-refractivity contribution in [3.63, 3.8) is 0 Å². The van der Waals surface area contributed by atoms with E-state index in [4.69, 9.17) is 5.11 Å². The average molecular weight is 599 g/mol. The third-order valence-corrected chi connectivity index (χ3v) is 7.51. The molecule has 2 atom stereocenters. The minimum absolute atomic E-state index is 0. The maximum absolute atomic E-state index is 14.4. The van der Waals surface area contributed by atoms with Crippen LogP contribution in [-0.4, -0.2) is 72.2 Å². The zero-order valence-electron chi connectivity index (χ0n) is 23.3. The number of aliphatic carboxylic acids is 1. The van der Waals surface area contributed by atoms with E-state index in [2.05, 4.69) is 0 Å². The number of nitrogens with zero attached hydrogens (tertiary/aromatic N) is 2. The number of fused-ring (bicyclic) bond motifs is 3. The van der Waals surface area contributed by atoms with Gasteiger partial charge < -0.3 is 19.9 Å². The number of carboxylic acid groups (broad SMARTS) is 1. The summed E-state index contributed by atoms with van der Waals surface area (Å²) in [6, 6.07) is 19.0. The van der Waals surface area contributed by atoms with Crippen LogP contribution in [0.25, 0.3) is 38.6 Å². The summed E-state index contributed by atoms with van der Waals surface area (Å²) in [6.07, 6.45) is -2.32. The van der Waals surface area contributed by atoms with E-state index in [1.807, 2.05) is 30.5 Å². The molecule has 0 aliphatic rings. The number of hydrogen-bond donors (Lipinski definition) is 3. The zero-order valence-corrected chi connectivity index (χ0v) is 23.3. The maximum atomic E-state index is 14.4. The first-order chi connectivity index (χ1) is 20.1. The van der Waals surface area contributed by atoms with Gasteiger partial charge in [0.2, 0.25) is 0 Å². The Labute approximate surface area is 269 Å². The number of rotatable bonds is 10. The molecular weight excluding hydrogens is 565 g/mol. The van der Waals surface area contributed by atoms with Crippen LogP contribution in [0.1, 0.15) is 44.8 Å². The van der Waals surface area contributed by atoms with E-state index in [1.165, 1.54) is 28.8 Å². The van der Waals surface area contributed by atoms with Gasteiger partial charge in [0.1, 0.15) is 17.2 Å². The topological polar surface area (TPSA) is 105 Å². The van der Waals surface area contributed by atoms with E-state index in [9.17, 15) is 28.6 Å². The van der Waals surface area contributed by atoms with Crippen molar-refractivity contribution in [3.05, 3.63) is 100 Å². The number of halogens is 2. The minimum atomic E-state index is -1.20. The number of aliphatic hydroxyl groups is 2. The summed E-state index contributed by atoms with van der Waals surface area (Å²) in [7, 11) is 0. The van der Waals surface area contributed by atoms with Crippen LogP contribution in [0.4, 0.5) is 8.78 Å². The van der Waals surface area contributed by atoms with E-state index in [1.54, 1.807) is 36.4 Å². The van der Waals surface area contributed by atoms with Crippen LogP contribution >= 0.6 is 0 Å². The van der Waals surface area contributed by atoms with Gasteiger partial charge in [-0.1, -0.05) is 36.4 Å². The standard InChI is InChI=1S/C33H32F2N2O5.Na.H/c1-19(2)36-28(15-14-24(38)17-25(39)18-29(40)41)30(20-10-12-21(34)13-11-20)31-26-8-3-4-9-27(26)37(33(42)32(31)36)23-7-5-6-22(35)16-23;;/h3-13,16,19,24-25,38-39H,14-15,17-18H2,1-2H3,(H,40,41);;/t24-,25-;;/m1../s1. The molecule has 3 N–H and O–H groups in total. The monoisotopic (exact) mass is 598 g/mol. The van der Waals surface area contributed by atoms with E-state index in [0.29, 0.717) is 27.7 Å². The van der Waals surface area contributed by atoms with Crippen LogP contribution in [0.2, 0.25) is 0 Å². The Bertz CT molecular complexity index is 1830. The molecule has 3 aromatic carbocycles. The molecule has 43 heavy (non-hydrogen) atoms. The summed E-state index contributed by atoms with van der Waals surface area (Å²) in [5.41, 5.74) is 3.13. The van der Waals surface area contributed by atoms with Crippen molar-refractivity contribution in [2.45, 2.75) is 57.8 Å². The van der Waals surface area contributed by atoms with Crippen molar-refractivity contribution in [2.24, 2.45) is 0 Å². The first-order valence-electron chi connectivity index (χ1n) is 13.9. The quantitative estimate of drug-likeness (QED) is 0.188. The van der Waals surface area contributed by atoms with Crippen molar-refractivity contribution < 1.29 is 28.9 Å². The SMILES string of the molecule is CC(C)n1c(CC[C@@H](O)C[C@@H](O)CC(=O)O)c(-c2ccc(F)cc2)c2c3ccccc3n(-c3cccc(F)c3)c(=O)c21.[NaH]. The van der Waals surface area contributed by atoms with Gasteiger partial charge in [-0.25, -0.2) is 8.78 Å². The molecule has 5 aromatic rings. The number of aromatic nitrogens is 2. The molecule has 0 aliphatic carbocycles. The van der Waals surface area contributed by atoms with Gasteiger partial charge in [0, 0.05) is 28.1 Å². The Hall–Kier alpha value is -3.34. The van der Waals surface area contributed by atoms with Gasteiger partial charge in [0.15, 0.2) is 0 Å². The fourth-order valence-corrected chi connectivity index (χ4v) is 5.84. The van der Waals surface area contributed by atoms with Crippen LogP contribution in [0.15, 0.2) is 77.6 Å². The molecule has 0 amide bonds.